The number of anilines is 1. The number of rotatable bonds is 2. The maximum atomic E-state index is 14.7. The van der Waals surface area contributed by atoms with Crippen LogP contribution in [0.1, 0.15) is 24.0 Å². The summed E-state index contributed by atoms with van der Waals surface area (Å²) in [5.74, 6) is -1.61. The van der Waals surface area contributed by atoms with E-state index < -0.39 is 29.2 Å². The number of Topliss-reactive ketones (excluding diaryl/α,β-unsaturated/α-hetero) is 1. The molecule has 4 rings (SSSR count). The lowest BCUT2D eigenvalue weighted by molar-refractivity contribution is -0.118. The van der Waals surface area contributed by atoms with E-state index in [0.717, 1.165) is 11.3 Å². The highest BCUT2D eigenvalue weighted by Gasteiger charge is 2.63. The van der Waals surface area contributed by atoms with E-state index in [1.165, 1.54) is 13.0 Å². The van der Waals surface area contributed by atoms with Gasteiger partial charge in [-0.2, -0.15) is 10.5 Å². The van der Waals surface area contributed by atoms with Crippen molar-refractivity contribution < 1.29 is 9.18 Å². The third-order valence-electron chi connectivity index (χ3n) is 5.57. The van der Waals surface area contributed by atoms with Crippen LogP contribution in [0.3, 0.4) is 0 Å². The molecule has 132 valence electrons. The number of carbonyl (C=O) groups is 1. The Morgan fingerprint density at radius 3 is 2.44 bits per heavy atom. The molecule has 2 aromatic rings. The number of benzene rings is 2. The van der Waals surface area contributed by atoms with Crippen molar-refractivity contribution >= 4 is 17.5 Å². The lowest BCUT2D eigenvalue weighted by atomic mass is 9.69. The quantitative estimate of drug-likeness (QED) is 0.819. The van der Waals surface area contributed by atoms with Gasteiger partial charge in [-0.15, -0.1) is 0 Å². The second-order valence-corrected chi connectivity index (χ2v) is 6.92. The van der Waals surface area contributed by atoms with Crippen LogP contribution < -0.4 is 4.90 Å². The molecule has 0 spiro atoms. The fourth-order valence-electron chi connectivity index (χ4n) is 4.46. The van der Waals surface area contributed by atoms with E-state index in [0.29, 0.717) is 0 Å². The monoisotopic (exact) mass is 357 g/mol. The van der Waals surface area contributed by atoms with Crippen molar-refractivity contribution in [2.45, 2.75) is 24.9 Å². The molecule has 27 heavy (non-hydrogen) atoms. The maximum absolute atomic E-state index is 14.7. The number of halogens is 1. The smallest absolute Gasteiger partial charge is 0.176 e. The van der Waals surface area contributed by atoms with Crippen LogP contribution in [0.2, 0.25) is 0 Å². The second kappa shape index (κ2) is 6.07. The molecular formula is C22H16FN3O. The van der Waals surface area contributed by atoms with Crippen molar-refractivity contribution in [3.05, 3.63) is 71.6 Å². The van der Waals surface area contributed by atoms with Gasteiger partial charge in [0.1, 0.15) is 5.82 Å². The topological polar surface area (TPSA) is 67.9 Å². The minimum Gasteiger partial charge on any atom is -0.351 e. The molecule has 0 amide bonds. The van der Waals surface area contributed by atoms with Gasteiger partial charge in [0.05, 0.1) is 24.2 Å². The normalized spacial score (nSPS) is 24.4. The van der Waals surface area contributed by atoms with Gasteiger partial charge in [-0.25, -0.2) is 4.39 Å². The lowest BCUT2D eigenvalue weighted by Gasteiger charge is -2.35. The highest BCUT2D eigenvalue weighted by Crippen LogP contribution is 2.55. The zero-order chi connectivity index (χ0) is 19.2. The molecule has 0 bridgehead atoms. The Morgan fingerprint density at radius 2 is 1.78 bits per heavy atom. The molecule has 1 fully saturated rings. The zero-order valence-electron chi connectivity index (χ0n) is 14.6. The average Bonchev–Trinajstić information content (AvgIpc) is 2.99. The van der Waals surface area contributed by atoms with Crippen molar-refractivity contribution in [2.75, 3.05) is 4.90 Å². The van der Waals surface area contributed by atoms with Crippen LogP contribution in [-0.4, -0.2) is 17.9 Å². The molecule has 2 aromatic carbocycles. The van der Waals surface area contributed by atoms with Gasteiger partial charge in [0.15, 0.2) is 11.2 Å². The Hall–Kier alpha value is -3.44. The summed E-state index contributed by atoms with van der Waals surface area (Å²) in [7, 11) is 0. The predicted octanol–water partition coefficient (Wildman–Crippen LogP) is 3.82. The molecule has 0 N–H and O–H groups in total. The number of ketones is 1. The number of hydrogen-bond acceptors (Lipinski definition) is 4. The summed E-state index contributed by atoms with van der Waals surface area (Å²) in [4.78, 5) is 14.5. The summed E-state index contributed by atoms with van der Waals surface area (Å²) in [5.41, 5.74) is 0.321. The number of nitrogens with zero attached hydrogens (tertiary/aromatic N) is 3. The molecule has 2 aliphatic rings. The van der Waals surface area contributed by atoms with Crippen LogP contribution in [0.15, 0.2) is 54.6 Å². The maximum Gasteiger partial charge on any atom is 0.176 e. The Morgan fingerprint density at radius 1 is 1.11 bits per heavy atom. The first kappa shape index (κ1) is 17.0. The van der Waals surface area contributed by atoms with E-state index >= 15 is 0 Å². The number of hydrogen-bond donors (Lipinski definition) is 0. The van der Waals surface area contributed by atoms with Crippen molar-refractivity contribution in [1.82, 2.24) is 0 Å². The van der Waals surface area contributed by atoms with Gasteiger partial charge >= 0.3 is 0 Å². The van der Waals surface area contributed by atoms with E-state index in [2.05, 4.69) is 12.1 Å². The fourth-order valence-corrected chi connectivity index (χ4v) is 4.46. The fraction of sp³-hybridized carbons (Fsp3) is 0.227. The lowest BCUT2D eigenvalue weighted by Crippen LogP contribution is -2.43. The van der Waals surface area contributed by atoms with Crippen molar-refractivity contribution in [2.24, 2.45) is 5.41 Å². The van der Waals surface area contributed by atoms with E-state index in [1.807, 2.05) is 35.2 Å². The molecule has 0 radical (unpaired) electrons. The summed E-state index contributed by atoms with van der Waals surface area (Å²) in [6, 6.07) is 16.4. The Balaban J connectivity index is 2.03. The van der Waals surface area contributed by atoms with Crippen LogP contribution >= 0.6 is 0 Å². The van der Waals surface area contributed by atoms with E-state index in [1.54, 1.807) is 24.3 Å². The van der Waals surface area contributed by atoms with Gasteiger partial charge < -0.3 is 4.90 Å². The molecule has 2 aliphatic heterocycles. The summed E-state index contributed by atoms with van der Waals surface area (Å²) in [5, 5.41) is 20.1. The van der Waals surface area contributed by atoms with Gasteiger partial charge in [0.2, 0.25) is 0 Å². The highest BCUT2D eigenvalue weighted by molar-refractivity contribution is 5.91. The number of para-hydroxylation sites is 1. The number of fused-ring (bicyclic) bond motifs is 3. The van der Waals surface area contributed by atoms with Crippen LogP contribution in [0.25, 0.3) is 6.08 Å². The summed E-state index contributed by atoms with van der Waals surface area (Å²) in [6.07, 6.45) is 3.65. The van der Waals surface area contributed by atoms with Crippen LogP contribution in [-0.2, 0) is 4.79 Å². The third-order valence-corrected chi connectivity index (χ3v) is 5.57. The molecule has 0 aromatic heterocycles. The van der Waals surface area contributed by atoms with Gasteiger partial charge in [0, 0.05) is 11.6 Å². The molecule has 4 nitrogen and oxygen atoms in total. The molecule has 1 saturated heterocycles. The average molecular weight is 357 g/mol. The van der Waals surface area contributed by atoms with Crippen LogP contribution in [0.5, 0.6) is 0 Å². The first-order valence-electron chi connectivity index (χ1n) is 8.68. The Labute approximate surface area is 156 Å². The highest BCUT2D eigenvalue weighted by atomic mass is 19.1. The molecule has 5 heteroatoms. The minimum atomic E-state index is -1.58. The van der Waals surface area contributed by atoms with Gasteiger partial charge in [-0.05, 0) is 30.2 Å². The predicted molar refractivity (Wildman–Crippen MR) is 99.0 cm³/mol. The molecule has 0 aliphatic carbocycles. The summed E-state index contributed by atoms with van der Waals surface area (Å²) >= 11 is 0. The van der Waals surface area contributed by atoms with Gasteiger partial charge in [0.25, 0.3) is 0 Å². The van der Waals surface area contributed by atoms with Crippen molar-refractivity contribution in [1.29, 1.82) is 10.5 Å². The molecule has 0 unspecified atom stereocenters. The zero-order valence-corrected chi connectivity index (χ0v) is 14.6. The van der Waals surface area contributed by atoms with Crippen molar-refractivity contribution in [3.8, 4) is 12.1 Å². The largest absolute Gasteiger partial charge is 0.351 e. The molecule has 2 heterocycles. The Bertz CT molecular complexity index is 1030. The second-order valence-electron chi connectivity index (χ2n) is 6.92. The summed E-state index contributed by atoms with van der Waals surface area (Å²) < 4.78 is 14.7. The summed E-state index contributed by atoms with van der Waals surface area (Å²) in [6.45, 7) is 1.43. The molecular weight excluding hydrogens is 341 g/mol. The van der Waals surface area contributed by atoms with Gasteiger partial charge in [-0.1, -0.05) is 48.6 Å². The number of carbonyl (C=O) groups excluding carboxylic acids is 1. The van der Waals surface area contributed by atoms with Crippen LogP contribution in [0, 0.1) is 33.9 Å². The first-order valence-corrected chi connectivity index (χ1v) is 8.68. The third kappa shape index (κ3) is 2.22. The van der Waals surface area contributed by atoms with Crippen molar-refractivity contribution in [3.63, 3.8) is 0 Å². The first-order chi connectivity index (χ1) is 13.0. The van der Waals surface area contributed by atoms with E-state index in [-0.39, 0.29) is 11.3 Å². The Kier molecular flexibility index (Phi) is 3.82. The molecule has 0 saturated carbocycles. The SMILES string of the molecule is CC(=O)[C@@H]1[C@@H](c2ccccc2F)C(C#N)(C#N)[C@H]2C=Cc3ccccc3N12. The van der Waals surface area contributed by atoms with Crippen LogP contribution in [0.4, 0.5) is 10.1 Å². The van der Waals surface area contributed by atoms with E-state index in [9.17, 15) is 19.7 Å². The number of nitriles is 2. The minimum absolute atomic E-state index is 0.203. The van der Waals surface area contributed by atoms with Gasteiger partial charge in [-0.3, -0.25) is 4.79 Å². The standard InChI is InChI=1S/C22H16FN3O/c1-14(27)21-20(16-7-3-4-8-17(16)23)22(12-24,13-25)19-11-10-15-6-2-5-9-18(15)26(19)21/h2-11,19-21H,1H3/t19-,20-,21-/m1/s1. The van der Waals surface area contributed by atoms with E-state index in [4.69, 9.17) is 0 Å². The molecule has 3 atom stereocenters.